The van der Waals surface area contributed by atoms with E-state index in [0.717, 1.165) is 6.42 Å². The van der Waals surface area contributed by atoms with Gasteiger partial charge in [0.2, 0.25) is 17.7 Å². The average Bonchev–Trinajstić information content (AvgIpc) is 2.32. The van der Waals surface area contributed by atoms with Crippen LogP contribution in [0, 0.1) is 11.8 Å². The molecule has 0 aromatic rings. The predicted octanol–water partition coefficient (Wildman–Crippen LogP) is 0.553. The van der Waals surface area contributed by atoms with Gasteiger partial charge in [-0.05, 0) is 18.3 Å². The van der Waals surface area contributed by atoms with Crippen LogP contribution >= 0.6 is 0 Å². The zero-order valence-corrected chi connectivity index (χ0v) is 13.0. The summed E-state index contributed by atoms with van der Waals surface area (Å²) in [5.41, 5.74) is 5.32. The van der Waals surface area contributed by atoms with Crippen molar-refractivity contribution in [2.24, 2.45) is 17.6 Å². The highest BCUT2D eigenvalue weighted by molar-refractivity contribution is 5.91. The van der Waals surface area contributed by atoms with Crippen LogP contribution in [0.3, 0.4) is 0 Å². The molecule has 116 valence electrons. The summed E-state index contributed by atoms with van der Waals surface area (Å²) in [5.74, 6) is -0.997. The Morgan fingerprint density at radius 3 is 2.00 bits per heavy atom. The average molecular weight is 285 g/mol. The third-order valence-corrected chi connectivity index (χ3v) is 3.22. The number of carbonyl (C=O) groups excluding carboxylic acids is 3. The molecule has 0 saturated heterocycles. The van der Waals surface area contributed by atoms with E-state index in [0.29, 0.717) is 6.42 Å². The van der Waals surface area contributed by atoms with Crippen molar-refractivity contribution in [2.75, 3.05) is 0 Å². The number of amides is 3. The van der Waals surface area contributed by atoms with Crippen LogP contribution in [-0.4, -0.2) is 29.8 Å². The van der Waals surface area contributed by atoms with Crippen molar-refractivity contribution < 1.29 is 14.4 Å². The first-order valence-electron chi connectivity index (χ1n) is 7.05. The van der Waals surface area contributed by atoms with Gasteiger partial charge in [0.15, 0.2) is 0 Å². The molecule has 0 aromatic heterocycles. The zero-order valence-electron chi connectivity index (χ0n) is 13.0. The molecule has 0 aliphatic carbocycles. The molecule has 6 heteroatoms. The maximum Gasteiger partial charge on any atom is 0.243 e. The predicted molar refractivity (Wildman–Crippen MR) is 77.6 cm³/mol. The Morgan fingerprint density at radius 2 is 1.65 bits per heavy atom. The third-order valence-electron chi connectivity index (χ3n) is 3.22. The van der Waals surface area contributed by atoms with E-state index in [-0.39, 0.29) is 23.7 Å². The van der Waals surface area contributed by atoms with Gasteiger partial charge in [-0.15, -0.1) is 0 Å². The highest BCUT2D eigenvalue weighted by atomic mass is 16.2. The largest absolute Gasteiger partial charge is 0.368 e. The van der Waals surface area contributed by atoms with E-state index in [1.807, 2.05) is 27.7 Å². The van der Waals surface area contributed by atoms with Crippen LogP contribution in [0.1, 0.15) is 47.5 Å². The minimum absolute atomic E-state index is 0.0477. The molecule has 0 rings (SSSR count). The van der Waals surface area contributed by atoms with Crippen LogP contribution < -0.4 is 16.4 Å². The molecule has 20 heavy (non-hydrogen) atoms. The van der Waals surface area contributed by atoms with Crippen LogP contribution in [0.2, 0.25) is 0 Å². The van der Waals surface area contributed by atoms with Gasteiger partial charge < -0.3 is 16.4 Å². The minimum Gasteiger partial charge on any atom is -0.368 e. The van der Waals surface area contributed by atoms with Crippen molar-refractivity contribution >= 4 is 17.7 Å². The van der Waals surface area contributed by atoms with Crippen molar-refractivity contribution in [3.8, 4) is 0 Å². The number of hydrogen-bond acceptors (Lipinski definition) is 3. The van der Waals surface area contributed by atoms with Gasteiger partial charge >= 0.3 is 0 Å². The van der Waals surface area contributed by atoms with E-state index in [1.54, 1.807) is 0 Å². The second-order valence-electron chi connectivity index (χ2n) is 5.66. The Bertz CT molecular complexity index is 356. The summed E-state index contributed by atoms with van der Waals surface area (Å²) in [4.78, 5) is 34.8. The van der Waals surface area contributed by atoms with Crippen LogP contribution in [-0.2, 0) is 14.4 Å². The van der Waals surface area contributed by atoms with Crippen LogP contribution in [0.5, 0.6) is 0 Å². The van der Waals surface area contributed by atoms with E-state index in [2.05, 4.69) is 10.6 Å². The molecule has 0 fully saturated rings. The SMILES string of the molecule is CC[C@H](C)[C@@H](NC(=O)[C@H](CC(C)C)NC(C)=O)C(N)=O. The van der Waals surface area contributed by atoms with Gasteiger partial charge in [-0.2, -0.15) is 0 Å². The lowest BCUT2D eigenvalue weighted by Crippen LogP contribution is -2.55. The summed E-state index contributed by atoms with van der Waals surface area (Å²) >= 11 is 0. The second kappa shape index (κ2) is 8.55. The Morgan fingerprint density at radius 1 is 1.10 bits per heavy atom. The number of carbonyl (C=O) groups is 3. The van der Waals surface area contributed by atoms with Gasteiger partial charge in [-0.3, -0.25) is 14.4 Å². The Kier molecular flexibility index (Phi) is 7.87. The fraction of sp³-hybridized carbons (Fsp3) is 0.786. The van der Waals surface area contributed by atoms with Gasteiger partial charge in [0.05, 0.1) is 0 Å². The van der Waals surface area contributed by atoms with Crippen molar-refractivity contribution in [1.82, 2.24) is 10.6 Å². The maximum atomic E-state index is 12.2. The monoisotopic (exact) mass is 285 g/mol. The summed E-state index contributed by atoms with van der Waals surface area (Å²) in [6.07, 6.45) is 1.24. The summed E-state index contributed by atoms with van der Waals surface area (Å²) in [6.45, 7) is 9.06. The molecule has 0 bridgehead atoms. The molecule has 4 N–H and O–H groups in total. The van der Waals surface area contributed by atoms with Gasteiger partial charge in [0, 0.05) is 6.92 Å². The van der Waals surface area contributed by atoms with Gasteiger partial charge in [-0.1, -0.05) is 34.1 Å². The number of hydrogen-bond donors (Lipinski definition) is 3. The quantitative estimate of drug-likeness (QED) is 0.607. The molecular formula is C14H27N3O3. The first-order chi connectivity index (χ1) is 9.18. The smallest absolute Gasteiger partial charge is 0.243 e. The number of nitrogens with one attached hydrogen (secondary N) is 2. The molecule has 0 radical (unpaired) electrons. The fourth-order valence-electron chi connectivity index (χ4n) is 1.93. The van der Waals surface area contributed by atoms with E-state index >= 15 is 0 Å². The molecule has 0 unspecified atom stereocenters. The van der Waals surface area contributed by atoms with Crippen molar-refractivity contribution in [2.45, 2.75) is 59.5 Å². The number of rotatable bonds is 8. The molecule has 0 aliphatic heterocycles. The summed E-state index contributed by atoms with van der Waals surface area (Å²) in [6, 6.07) is -1.35. The first kappa shape index (κ1) is 18.4. The van der Waals surface area contributed by atoms with Gasteiger partial charge in [-0.25, -0.2) is 0 Å². The molecule has 0 saturated carbocycles. The Hall–Kier alpha value is -1.59. The Labute approximate surface area is 120 Å². The second-order valence-corrected chi connectivity index (χ2v) is 5.66. The zero-order chi connectivity index (χ0) is 15.9. The molecule has 3 atom stereocenters. The van der Waals surface area contributed by atoms with Crippen LogP contribution in [0.15, 0.2) is 0 Å². The summed E-state index contributed by atoms with van der Waals surface area (Å²) in [7, 11) is 0. The maximum absolute atomic E-state index is 12.2. The highest BCUT2D eigenvalue weighted by Gasteiger charge is 2.28. The van der Waals surface area contributed by atoms with E-state index in [9.17, 15) is 14.4 Å². The lowest BCUT2D eigenvalue weighted by molar-refractivity contribution is -0.131. The molecule has 3 amide bonds. The number of primary amides is 1. The molecule has 0 spiro atoms. The number of nitrogens with two attached hydrogens (primary N) is 1. The van der Waals surface area contributed by atoms with Crippen molar-refractivity contribution in [1.29, 1.82) is 0 Å². The van der Waals surface area contributed by atoms with Crippen molar-refractivity contribution in [3.63, 3.8) is 0 Å². The van der Waals surface area contributed by atoms with Crippen LogP contribution in [0.4, 0.5) is 0 Å². The summed E-state index contributed by atoms with van der Waals surface area (Å²) in [5, 5.41) is 5.26. The highest BCUT2D eigenvalue weighted by Crippen LogP contribution is 2.10. The normalized spacial score (nSPS) is 15.3. The molecule has 0 aromatic carbocycles. The van der Waals surface area contributed by atoms with Crippen molar-refractivity contribution in [3.05, 3.63) is 0 Å². The Balaban J connectivity index is 4.86. The lowest BCUT2D eigenvalue weighted by atomic mass is 9.97. The lowest BCUT2D eigenvalue weighted by Gasteiger charge is -2.25. The van der Waals surface area contributed by atoms with E-state index in [1.165, 1.54) is 6.92 Å². The molecule has 0 heterocycles. The standard InChI is InChI=1S/C14H27N3O3/c1-6-9(4)12(13(15)19)17-14(20)11(7-8(2)3)16-10(5)18/h8-9,11-12H,6-7H2,1-5H3,(H2,15,19)(H,16,18)(H,17,20)/t9-,11-,12+/m0/s1. The molecular weight excluding hydrogens is 258 g/mol. The summed E-state index contributed by atoms with van der Waals surface area (Å²) < 4.78 is 0. The third kappa shape index (κ3) is 6.54. The minimum atomic E-state index is -0.712. The van der Waals surface area contributed by atoms with Gasteiger partial charge in [0.25, 0.3) is 0 Å². The van der Waals surface area contributed by atoms with E-state index < -0.39 is 18.0 Å². The van der Waals surface area contributed by atoms with Crippen LogP contribution in [0.25, 0.3) is 0 Å². The molecule has 6 nitrogen and oxygen atoms in total. The van der Waals surface area contributed by atoms with Gasteiger partial charge in [0.1, 0.15) is 12.1 Å². The topological polar surface area (TPSA) is 101 Å². The molecule has 0 aliphatic rings. The first-order valence-corrected chi connectivity index (χ1v) is 7.05. The van der Waals surface area contributed by atoms with E-state index in [4.69, 9.17) is 5.73 Å². The fourth-order valence-corrected chi connectivity index (χ4v) is 1.93.